The quantitative estimate of drug-likeness (QED) is 0.374. The summed E-state index contributed by atoms with van der Waals surface area (Å²) in [5.74, 6) is -0.542. The molecule has 1 aromatic heterocycles. The second-order valence-corrected chi connectivity index (χ2v) is 8.99. The van der Waals surface area contributed by atoms with Crippen molar-refractivity contribution in [1.29, 1.82) is 0 Å². The number of nitrogens with zero attached hydrogens (tertiary/aromatic N) is 1. The summed E-state index contributed by atoms with van der Waals surface area (Å²) in [4.78, 5) is 36.1. The molecule has 0 spiro atoms. The maximum absolute atomic E-state index is 12.6. The number of ketones is 1. The van der Waals surface area contributed by atoms with Crippen molar-refractivity contribution in [3.8, 4) is 0 Å². The third kappa shape index (κ3) is 5.61. The highest BCUT2D eigenvalue weighted by atomic mass is 16.5. The number of allylic oxidation sites excluding steroid dienone is 2. The Morgan fingerprint density at radius 1 is 1.23 bits per heavy atom. The molecule has 0 saturated carbocycles. The molecule has 30 heavy (non-hydrogen) atoms. The highest BCUT2D eigenvalue weighted by molar-refractivity contribution is 5.99. The fraction of sp³-hybridized carbons (Fsp3) is 0.625. The number of aromatic nitrogens is 1. The van der Waals surface area contributed by atoms with Gasteiger partial charge in [-0.15, -0.1) is 0 Å². The van der Waals surface area contributed by atoms with E-state index in [1.165, 1.54) is 31.3 Å². The molecule has 6 nitrogen and oxygen atoms in total. The van der Waals surface area contributed by atoms with E-state index in [2.05, 4.69) is 16.0 Å². The Hall–Kier alpha value is -2.37. The summed E-state index contributed by atoms with van der Waals surface area (Å²) in [5, 5.41) is 2.91. The fourth-order valence-corrected chi connectivity index (χ4v) is 4.53. The average Bonchev–Trinajstić information content (AvgIpc) is 3.22. The molecule has 1 amide bonds. The number of amides is 1. The van der Waals surface area contributed by atoms with Gasteiger partial charge in [-0.2, -0.15) is 0 Å². The zero-order chi connectivity index (χ0) is 21.7. The zero-order valence-corrected chi connectivity index (χ0v) is 18.5. The van der Waals surface area contributed by atoms with Crippen molar-refractivity contribution in [1.82, 2.24) is 9.88 Å². The molecule has 1 aliphatic carbocycles. The van der Waals surface area contributed by atoms with Crippen LogP contribution < -0.4 is 5.32 Å². The van der Waals surface area contributed by atoms with Crippen molar-refractivity contribution >= 4 is 17.7 Å². The van der Waals surface area contributed by atoms with E-state index in [4.69, 9.17) is 4.74 Å². The van der Waals surface area contributed by atoms with Crippen molar-refractivity contribution in [2.45, 2.75) is 90.6 Å². The minimum atomic E-state index is -0.399. The summed E-state index contributed by atoms with van der Waals surface area (Å²) in [6.07, 6.45) is 10.2. The van der Waals surface area contributed by atoms with Crippen LogP contribution in [0.2, 0.25) is 0 Å². The summed E-state index contributed by atoms with van der Waals surface area (Å²) < 4.78 is 7.42. The van der Waals surface area contributed by atoms with Gasteiger partial charge in [-0.3, -0.25) is 14.4 Å². The summed E-state index contributed by atoms with van der Waals surface area (Å²) >= 11 is 0. The lowest BCUT2D eigenvalue weighted by Gasteiger charge is -2.23. The van der Waals surface area contributed by atoms with Gasteiger partial charge in [0.15, 0.2) is 6.61 Å². The first-order valence-corrected chi connectivity index (χ1v) is 11.1. The monoisotopic (exact) mass is 414 g/mol. The van der Waals surface area contributed by atoms with Crippen LogP contribution in [0.4, 0.5) is 0 Å². The zero-order valence-electron chi connectivity index (χ0n) is 18.5. The largest absolute Gasteiger partial charge is 0.457 e. The molecule has 1 atom stereocenters. The molecule has 1 unspecified atom stereocenters. The number of Topliss-reactive ketones (excluding diaryl/α,β-unsaturated/α-hetero) is 1. The van der Waals surface area contributed by atoms with Gasteiger partial charge in [-0.1, -0.05) is 11.6 Å². The molecule has 1 aliphatic heterocycles. The average molecular weight is 415 g/mol. The van der Waals surface area contributed by atoms with Gasteiger partial charge in [0.25, 0.3) is 0 Å². The number of ether oxygens (including phenoxy) is 1. The minimum Gasteiger partial charge on any atom is -0.457 e. The summed E-state index contributed by atoms with van der Waals surface area (Å²) in [5.41, 5.74) is 3.80. The predicted molar refractivity (Wildman–Crippen MR) is 115 cm³/mol. The molecule has 1 fully saturated rings. The Morgan fingerprint density at radius 3 is 2.70 bits per heavy atom. The first-order valence-electron chi connectivity index (χ1n) is 11.1. The van der Waals surface area contributed by atoms with E-state index < -0.39 is 5.97 Å². The lowest BCUT2D eigenvalue weighted by Crippen LogP contribution is -2.38. The Balaban J connectivity index is 1.49. The van der Waals surface area contributed by atoms with Crippen LogP contribution in [0.15, 0.2) is 17.7 Å². The Morgan fingerprint density at radius 2 is 2.03 bits per heavy atom. The van der Waals surface area contributed by atoms with Gasteiger partial charge in [0.05, 0.1) is 0 Å². The van der Waals surface area contributed by atoms with E-state index >= 15 is 0 Å². The van der Waals surface area contributed by atoms with Crippen LogP contribution in [0.5, 0.6) is 0 Å². The second-order valence-electron chi connectivity index (χ2n) is 8.99. The van der Waals surface area contributed by atoms with E-state index in [9.17, 15) is 14.4 Å². The predicted octanol–water partition coefficient (Wildman–Crippen LogP) is 4.17. The molecule has 1 aromatic rings. The van der Waals surface area contributed by atoms with Crippen molar-refractivity contribution < 1.29 is 19.1 Å². The molecule has 0 bridgehead atoms. The minimum absolute atomic E-state index is 0.0242. The molecule has 164 valence electrons. The number of hydrogen-bond acceptors (Lipinski definition) is 4. The van der Waals surface area contributed by atoms with Crippen LogP contribution in [-0.4, -0.2) is 34.4 Å². The van der Waals surface area contributed by atoms with Crippen molar-refractivity contribution in [2.75, 3.05) is 6.61 Å². The molecular weight excluding hydrogens is 380 g/mol. The molecule has 0 aromatic carbocycles. The van der Waals surface area contributed by atoms with Gasteiger partial charge in [0.2, 0.25) is 11.7 Å². The topological polar surface area (TPSA) is 77.4 Å². The van der Waals surface area contributed by atoms with Gasteiger partial charge in [0.1, 0.15) is 0 Å². The fourth-order valence-electron chi connectivity index (χ4n) is 4.53. The smallest absolute Gasteiger partial charge is 0.306 e. The number of aryl methyl sites for hydroxylation is 1. The molecule has 1 N–H and O–H groups in total. The molecule has 2 aliphatic rings. The van der Waals surface area contributed by atoms with Gasteiger partial charge in [0, 0.05) is 41.9 Å². The van der Waals surface area contributed by atoms with Gasteiger partial charge >= 0.3 is 5.97 Å². The molecule has 6 heteroatoms. The number of carbonyl (C=O) groups excluding carboxylic acids is 3. The Bertz CT molecular complexity index is 852. The van der Waals surface area contributed by atoms with Gasteiger partial charge < -0.3 is 14.6 Å². The van der Waals surface area contributed by atoms with Crippen molar-refractivity contribution in [3.63, 3.8) is 0 Å². The summed E-state index contributed by atoms with van der Waals surface area (Å²) in [6, 6.07) is 1.90. The van der Waals surface area contributed by atoms with Crippen molar-refractivity contribution in [2.24, 2.45) is 0 Å². The maximum Gasteiger partial charge on any atom is 0.306 e. The normalized spacial score (nSPS) is 21.3. The first kappa shape index (κ1) is 22.3. The van der Waals surface area contributed by atoms with E-state index in [0.717, 1.165) is 30.8 Å². The van der Waals surface area contributed by atoms with E-state index in [-0.39, 0.29) is 30.3 Å². The Kier molecular flexibility index (Phi) is 7.16. The lowest BCUT2D eigenvalue weighted by molar-refractivity contribution is -0.143. The lowest BCUT2D eigenvalue weighted by atomic mass is 9.94. The van der Waals surface area contributed by atoms with Crippen LogP contribution in [0.25, 0.3) is 0 Å². The number of carbonyl (C=O) groups is 3. The SMILES string of the molecule is Cc1cc(C(=O)COC(=O)CCC2(C)CCC(=O)N2)c(C)n1CCC1=CCCCC1. The number of nitrogens with one attached hydrogen (secondary N) is 1. The van der Waals surface area contributed by atoms with Crippen LogP contribution in [-0.2, 0) is 20.9 Å². The highest BCUT2D eigenvalue weighted by Gasteiger charge is 2.33. The summed E-state index contributed by atoms with van der Waals surface area (Å²) in [6.45, 7) is 6.55. The molecular formula is C24H34N2O4. The number of hydrogen-bond donors (Lipinski definition) is 1. The second kappa shape index (κ2) is 9.63. The van der Waals surface area contributed by atoms with Crippen LogP contribution >= 0.6 is 0 Å². The van der Waals surface area contributed by atoms with E-state index in [1.54, 1.807) is 0 Å². The third-order valence-corrected chi connectivity index (χ3v) is 6.51. The third-order valence-electron chi connectivity index (χ3n) is 6.51. The first-order chi connectivity index (χ1) is 14.3. The molecule has 2 heterocycles. The van der Waals surface area contributed by atoms with Gasteiger partial charge in [-0.05, 0) is 71.8 Å². The molecule has 1 saturated heterocycles. The number of esters is 1. The molecule has 3 rings (SSSR count). The highest BCUT2D eigenvalue weighted by Crippen LogP contribution is 2.25. The number of rotatable bonds is 9. The van der Waals surface area contributed by atoms with Crippen LogP contribution in [0.1, 0.15) is 86.5 Å². The van der Waals surface area contributed by atoms with Crippen molar-refractivity contribution in [3.05, 3.63) is 34.7 Å². The maximum atomic E-state index is 12.6. The van der Waals surface area contributed by atoms with Gasteiger partial charge in [-0.25, -0.2) is 0 Å². The standard InChI is InChI=1S/C24H34N2O4/c1-17-15-20(18(2)26(17)14-11-19-7-5-4-6-8-19)21(27)16-30-23(29)10-13-24(3)12-9-22(28)25-24/h7,15H,4-6,8-14,16H2,1-3H3,(H,25,28). The summed E-state index contributed by atoms with van der Waals surface area (Å²) in [7, 11) is 0. The molecule has 0 radical (unpaired) electrons. The van der Waals surface area contributed by atoms with Crippen LogP contribution in [0, 0.1) is 13.8 Å². The van der Waals surface area contributed by atoms with E-state index in [0.29, 0.717) is 18.4 Å². The van der Waals surface area contributed by atoms with Crippen LogP contribution in [0.3, 0.4) is 0 Å². The van der Waals surface area contributed by atoms with E-state index in [1.807, 2.05) is 26.8 Å². The Labute approximate surface area is 179 Å².